The molecular formula is C51H31N3OS. The molecule has 0 amide bonds. The molecule has 262 valence electrons. The van der Waals surface area contributed by atoms with Crippen molar-refractivity contribution in [3.05, 3.63) is 188 Å². The van der Waals surface area contributed by atoms with Gasteiger partial charge in [0, 0.05) is 47.6 Å². The van der Waals surface area contributed by atoms with Gasteiger partial charge in [-0.3, -0.25) is 0 Å². The second kappa shape index (κ2) is 13.3. The van der Waals surface area contributed by atoms with Crippen molar-refractivity contribution in [2.24, 2.45) is 0 Å². The van der Waals surface area contributed by atoms with Gasteiger partial charge in [-0.05, 0) is 46.0 Å². The predicted molar refractivity (Wildman–Crippen MR) is 233 cm³/mol. The molecule has 4 nitrogen and oxygen atoms in total. The Hall–Kier alpha value is -7.21. The standard InChI is InChI=1S/C51H31N3OS/c1-4-13-32(14-5-1)33-25-27-36(28-26-33)50-52-49(35-17-8-3-9-18-35)53-51(54-50)43-24-12-22-41-40-21-10-19-38(46(40)55-47(41)43)37-29-30-45-44(31-37)42-23-11-20-39(48(42)56-45)34-15-6-2-7-16-34/h1-31H. The highest BCUT2D eigenvalue weighted by Gasteiger charge is 2.20. The summed E-state index contributed by atoms with van der Waals surface area (Å²) in [6.45, 7) is 0. The van der Waals surface area contributed by atoms with Gasteiger partial charge in [-0.25, -0.2) is 15.0 Å². The van der Waals surface area contributed by atoms with Crippen LogP contribution in [0.3, 0.4) is 0 Å². The van der Waals surface area contributed by atoms with E-state index < -0.39 is 0 Å². The first-order valence-electron chi connectivity index (χ1n) is 18.7. The van der Waals surface area contributed by atoms with Crippen LogP contribution in [0.1, 0.15) is 0 Å². The molecule has 0 spiro atoms. The summed E-state index contributed by atoms with van der Waals surface area (Å²) >= 11 is 1.85. The lowest BCUT2D eigenvalue weighted by atomic mass is 9.99. The maximum Gasteiger partial charge on any atom is 0.167 e. The summed E-state index contributed by atoms with van der Waals surface area (Å²) in [5, 5.41) is 4.58. The van der Waals surface area contributed by atoms with Crippen LogP contribution in [0.5, 0.6) is 0 Å². The number of rotatable bonds is 6. The maximum absolute atomic E-state index is 6.94. The molecule has 0 fully saturated rings. The Morgan fingerprint density at radius 1 is 0.321 bits per heavy atom. The van der Waals surface area contributed by atoms with Crippen LogP contribution in [0.4, 0.5) is 0 Å². The fraction of sp³-hybridized carbons (Fsp3) is 0. The van der Waals surface area contributed by atoms with Gasteiger partial charge in [0.1, 0.15) is 11.2 Å². The Balaban J connectivity index is 1.05. The molecule has 0 atom stereocenters. The van der Waals surface area contributed by atoms with Crippen molar-refractivity contribution in [2.45, 2.75) is 0 Å². The summed E-state index contributed by atoms with van der Waals surface area (Å²) in [5.74, 6) is 1.78. The van der Waals surface area contributed by atoms with Crippen LogP contribution >= 0.6 is 11.3 Å². The molecule has 3 heterocycles. The minimum Gasteiger partial charge on any atom is -0.455 e. The van der Waals surface area contributed by atoms with Gasteiger partial charge in [0.05, 0.1) is 5.56 Å². The predicted octanol–water partition coefficient (Wildman–Crippen LogP) is 14.1. The van der Waals surface area contributed by atoms with Crippen molar-refractivity contribution in [1.29, 1.82) is 0 Å². The Labute approximate surface area is 327 Å². The first-order chi connectivity index (χ1) is 27.7. The lowest BCUT2D eigenvalue weighted by Crippen LogP contribution is -2.00. The summed E-state index contributed by atoms with van der Waals surface area (Å²) in [5.41, 5.74) is 11.2. The molecule has 11 rings (SSSR count). The SMILES string of the molecule is c1ccc(-c2ccc(-c3nc(-c4ccccc4)nc(-c4cccc5c4oc4c(-c6ccc7sc8c(-c9ccccc9)cccc8c7c6)cccc45)n3)cc2)cc1. The van der Waals surface area contributed by atoms with E-state index in [9.17, 15) is 0 Å². The topological polar surface area (TPSA) is 51.8 Å². The highest BCUT2D eigenvalue weighted by atomic mass is 32.1. The molecule has 0 saturated carbocycles. The first kappa shape index (κ1) is 32.2. The molecule has 0 aliphatic heterocycles. The van der Waals surface area contributed by atoms with Gasteiger partial charge in [0.2, 0.25) is 0 Å². The summed E-state index contributed by atoms with van der Waals surface area (Å²) in [4.78, 5) is 15.2. The third-order valence-electron chi connectivity index (χ3n) is 10.6. The molecule has 0 aliphatic carbocycles. The van der Waals surface area contributed by atoms with Gasteiger partial charge < -0.3 is 4.42 Å². The number of benzene rings is 8. The average molecular weight is 734 g/mol. The zero-order valence-electron chi connectivity index (χ0n) is 30.1. The lowest BCUT2D eigenvalue weighted by Gasteiger charge is -2.09. The third-order valence-corrected chi connectivity index (χ3v) is 11.8. The Morgan fingerprint density at radius 2 is 0.804 bits per heavy atom. The van der Waals surface area contributed by atoms with Crippen molar-refractivity contribution in [3.63, 3.8) is 0 Å². The highest BCUT2D eigenvalue weighted by molar-refractivity contribution is 7.26. The summed E-state index contributed by atoms with van der Waals surface area (Å²) in [7, 11) is 0. The van der Waals surface area contributed by atoms with Crippen molar-refractivity contribution in [3.8, 4) is 67.5 Å². The molecule has 56 heavy (non-hydrogen) atoms. The molecule has 3 aromatic heterocycles. The molecule has 0 saturated heterocycles. The molecule has 11 aromatic rings. The molecular weight excluding hydrogens is 703 g/mol. The van der Waals surface area contributed by atoms with E-state index in [4.69, 9.17) is 19.4 Å². The largest absolute Gasteiger partial charge is 0.455 e. The fourth-order valence-electron chi connectivity index (χ4n) is 7.82. The molecule has 0 bridgehead atoms. The van der Waals surface area contributed by atoms with E-state index in [1.54, 1.807) is 0 Å². The average Bonchev–Trinajstić information content (AvgIpc) is 3.86. The molecule has 0 N–H and O–H groups in total. The van der Waals surface area contributed by atoms with Crippen LogP contribution in [-0.2, 0) is 0 Å². The maximum atomic E-state index is 6.94. The number of nitrogens with zero attached hydrogens (tertiary/aromatic N) is 3. The number of fused-ring (bicyclic) bond motifs is 6. The fourth-order valence-corrected chi connectivity index (χ4v) is 9.04. The normalized spacial score (nSPS) is 11.6. The van der Waals surface area contributed by atoms with E-state index in [1.165, 1.54) is 31.3 Å². The monoisotopic (exact) mass is 733 g/mol. The van der Waals surface area contributed by atoms with E-state index in [2.05, 4.69) is 146 Å². The zero-order chi connectivity index (χ0) is 37.0. The van der Waals surface area contributed by atoms with Crippen LogP contribution in [0.15, 0.2) is 192 Å². The van der Waals surface area contributed by atoms with Crippen molar-refractivity contribution in [1.82, 2.24) is 15.0 Å². The number of thiophene rings is 1. The van der Waals surface area contributed by atoms with Gasteiger partial charge in [0.25, 0.3) is 0 Å². The van der Waals surface area contributed by atoms with E-state index in [0.29, 0.717) is 17.5 Å². The van der Waals surface area contributed by atoms with Gasteiger partial charge in [-0.15, -0.1) is 11.3 Å². The minimum atomic E-state index is 0.563. The summed E-state index contributed by atoms with van der Waals surface area (Å²) in [6.07, 6.45) is 0. The van der Waals surface area contributed by atoms with Crippen LogP contribution in [0.25, 0.3) is 110 Å². The highest BCUT2D eigenvalue weighted by Crippen LogP contribution is 2.44. The molecule has 8 aromatic carbocycles. The van der Waals surface area contributed by atoms with Crippen LogP contribution in [0, 0.1) is 0 Å². The Bertz CT molecular complexity index is 3230. The minimum absolute atomic E-state index is 0.563. The molecule has 0 aliphatic rings. The van der Waals surface area contributed by atoms with Gasteiger partial charge >= 0.3 is 0 Å². The number of hydrogen-bond acceptors (Lipinski definition) is 5. The smallest absolute Gasteiger partial charge is 0.167 e. The van der Waals surface area contributed by atoms with Crippen LogP contribution in [-0.4, -0.2) is 15.0 Å². The Morgan fingerprint density at radius 3 is 1.48 bits per heavy atom. The van der Waals surface area contributed by atoms with Crippen LogP contribution in [0.2, 0.25) is 0 Å². The van der Waals surface area contributed by atoms with E-state index >= 15 is 0 Å². The number of furan rings is 1. The number of para-hydroxylation sites is 2. The number of aromatic nitrogens is 3. The van der Waals surface area contributed by atoms with Gasteiger partial charge in [-0.2, -0.15) is 0 Å². The molecule has 5 heteroatoms. The summed E-state index contributed by atoms with van der Waals surface area (Å²) < 4.78 is 9.51. The lowest BCUT2D eigenvalue weighted by molar-refractivity contribution is 0.670. The summed E-state index contributed by atoms with van der Waals surface area (Å²) in [6, 6.07) is 65.6. The third kappa shape index (κ3) is 5.48. The van der Waals surface area contributed by atoms with Gasteiger partial charge in [-0.1, -0.05) is 170 Å². The van der Waals surface area contributed by atoms with E-state index in [0.717, 1.165) is 60.9 Å². The molecule has 0 radical (unpaired) electrons. The van der Waals surface area contributed by atoms with Crippen LogP contribution < -0.4 is 0 Å². The van der Waals surface area contributed by atoms with E-state index in [-0.39, 0.29) is 0 Å². The second-order valence-corrected chi connectivity index (χ2v) is 15.0. The van der Waals surface area contributed by atoms with E-state index in [1.807, 2.05) is 53.8 Å². The Kier molecular flexibility index (Phi) is 7.64. The first-order valence-corrected chi connectivity index (χ1v) is 19.5. The number of hydrogen-bond donors (Lipinski definition) is 0. The van der Waals surface area contributed by atoms with Crippen molar-refractivity contribution < 1.29 is 4.42 Å². The van der Waals surface area contributed by atoms with Crippen molar-refractivity contribution >= 4 is 53.4 Å². The van der Waals surface area contributed by atoms with Crippen molar-refractivity contribution in [2.75, 3.05) is 0 Å². The molecule has 0 unspecified atom stereocenters. The second-order valence-electron chi connectivity index (χ2n) is 13.9. The zero-order valence-corrected chi connectivity index (χ0v) is 30.9. The quantitative estimate of drug-likeness (QED) is 0.171. The van der Waals surface area contributed by atoms with Gasteiger partial charge in [0.15, 0.2) is 17.5 Å².